The highest BCUT2D eigenvalue weighted by atomic mass is 16.5. The quantitative estimate of drug-likeness (QED) is 0.438. The van der Waals surface area contributed by atoms with E-state index in [0.717, 1.165) is 12.0 Å². The van der Waals surface area contributed by atoms with E-state index in [9.17, 15) is 14.7 Å². The molecule has 2 N–H and O–H groups in total. The minimum Gasteiger partial charge on any atom is -0.479 e. The molecular formula is C13H17NO4. The zero-order valence-electron chi connectivity index (χ0n) is 10.5. The van der Waals surface area contributed by atoms with Crippen molar-refractivity contribution in [2.24, 2.45) is 0 Å². The van der Waals surface area contributed by atoms with Gasteiger partial charge in [-0.25, -0.2) is 9.59 Å². The van der Waals surface area contributed by atoms with Gasteiger partial charge in [0.25, 0.3) is 0 Å². The number of carboxylic acids is 1. The molecule has 0 unspecified atom stereocenters. The highest BCUT2D eigenvalue weighted by Crippen LogP contribution is 2.16. The van der Waals surface area contributed by atoms with E-state index in [1.807, 2.05) is 18.2 Å². The molecule has 0 bridgehead atoms. The Balaban J connectivity index is 2.75. The van der Waals surface area contributed by atoms with Crippen molar-refractivity contribution < 1.29 is 19.4 Å². The van der Waals surface area contributed by atoms with Crippen LogP contribution < -0.4 is 5.32 Å². The zero-order valence-corrected chi connectivity index (χ0v) is 10.5. The van der Waals surface area contributed by atoms with E-state index in [2.05, 4.69) is 10.1 Å². The van der Waals surface area contributed by atoms with Crippen molar-refractivity contribution >= 4 is 11.9 Å². The monoisotopic (exact) mass is 251 g/mol. The lowest BCUT2D eigenvalue weighted by Gasteiger charge is -2.20. The molecule has 0 aromatic heterocycles. The second-order valence-corrected chi connectivity index (χ2v) is 3.96. The van der Waals surface area contributed by atoms with Crippen molar-refractivity contribution in [1.82, 2.24) is 5.32 Å². The lowest BCUT2D eigenvalue weighted by atomic mass is 9.98. The lowest BCUT2D eigenvalue weighted by molar-refractivity contribution is -0.138. The maximum absolute atomic E-state index is 11.2. The van der Waals surface area contributed by atoms with Crippen LogP contribution in [0.15, 0.2) is 35.6 Å². The van der Waals surface area contributed by atoms with Gasteiger partial charge in [0.1, 0.15) is 6.04 Å². The van der Waals surface area contributed by atoms with Gasteiger partial charge in [0.2, 0.25) is 0 Å². The first-order chi connectivity index (χ1) is 8.54. The van der Waals surface area contributed by atoms with E-state index < -0.39 is 18.0 Å². The topological polar surface area (TPSA) is 75.6 Å². The molecule has 0 radical (unpaired) electrons. The van der Waals surface area contributed by atoms with Crippen molar-refractivity contribution in [3.05, 3.63) is 35.6 Å². The number of carboxylic acid groups (broad SMARTS) is 1. The highest BCUT2D eigenvalue weighted by molar-refractivity contribution is 5.83. The number of hydrogen-bond donors (Lipinski definition) is 2. The molecule has 0 saturated carbocycles. The summed E-state index contributed by atoms with van der Waals surface area (Å²) in [5.74, 6) is -1.48. The summed E-state index contributed by atoms with van der Waals surface area (Å²) in [4.78, 5) is 22.3. The predicted molar refractivity (Wildman–Crippen MR) is 66.8 cm³/mol. The number of rotatable bonds is 5. The van der Waals surface area contributed by atoms with Gasteiger partial charge in [0.05, 0.1) is 7.11 Å². The molecule has 0 aliphatic heterocycles. The number of ether oxygens (including phenoxy) is 1. The summed E-state index contributed by atoms with van der Waals surface area (Å²) in [6, 6.07) is -0.809. The minimum absolute atomic E-state index is 0.463. The van der Waals surface area contributed by atoms with Crippen LogP contribution in [0.2, 0.25) is 0 Å². The van der Waals surface area contributed by atoms with Crippen LogP contribution in [0.25, 0.3) is 0 Å². The van der Waals surface area contributed by atoms with Crippen LogP contribution in [-0.4, -0.2) is 30.2 Å². The molecule has 1 aliphatic carbocycles. The van der Waals surface area contributed by atoms with Gasteiger partial charge in [-0.1, -0.05) is 18.2 Å². The molecule has 0 spiro atoms. The number of methoxy groups -OCH3 is 1. The first-order valence-corrected chi connectivity index (χ1v) is 5.64. The Morgan fingerprint density at radius 3 is 2.72 bits per heavy atom. The smallest absolute Gasteiger partial charge is 0.332 e. The van der Waals surface area contributed by atoms with Crippen LogP contribution in [-0.2, 0) is 14.3 Å². The Morgan fingerprint density at radius 1 is 1.50 bits per heavy atom. The van der Waals surface area contributed by atoms with Crippen molar-refractivity contribution in [2.75, 3.05) is 7.11 Å². The fraction of sp³-hybridized carbons (Fsp3) is 0.385. The molecular weight excluding hydrogens is 234 g/mol. The van der Waals surface area contributed by atoms with E-state index in [0.29, 0.717) is 12.1 Å². The Hall–Kier alpha value is -2.04. The summed E-state index contributed by atoms with van der Waals surface area (Å²) >= 11 is 0. The van der Waals surface area contributed by atoms with Crippen LogP contribution in [0.5, 0.6) is 0 Å². The molecule has 1 atom stereocenters. The standard InChI is InChI=1S/C13H17NO4/c1-9(8-11(15)18-2)14-12(13(16)17)10-6-4-3-5-7-10/h3-4,7-8,12,14H,5-6H2,1-2H3,(H,16,17)/b9-8+/t12-/m1/s1. The molecule has 5 nitrogen and oxygen atoms in total. The summed E-state index contributed by atoms with van der Waals surface area (Å²) < 4.78 is 4.48. The van der Waals surface area contributed by atoms with Crippen LogP contribution >= 0.6 is 0 Å². The van der Waals surface area contributed by atoms with Crippen molar-refractivity contribution in [2.45, 2.75) is 25.8 Å². The summed E-state index contributed by atoms with van der Waals surface area (Å²) in [6.07, 6.45) is 8.38. The van der Waals surface area contributed by atoms with Gasteiger partial charge in [0, 0.05) is 11.8 Å². The maximum Gasteiger partial charge on any atom is 0.332 e. The number of hydrogen-bond acceptors (Lipinski definition) is 4. The number of aliphatic carboxylic acids is 1. The molecule has 0 amide bonds. The molecule has 98 valence electrons. The van der Waals surface area contributed by atoms with E-state index >= 15 is 0 Å². The summed E-state index contributed by atoms with van der Waals surface area (Å²) in [6.45, 7) is 1.63. The first kappa shape index (κ1) is 14.0. The fourth-order valence-electron chi connectivity index (χ4n) is 1.67. The van der Waals surface area contributed by atoms with Crippen molar-refractivity contribution in [1.29, 1.82) is 0 Å². The van der Waals surface area contributed by atoms with E-state index in [1.165, 1.54) is 13.2 Å². The van der Waals surface area contributed by atoms with Gasteiger partial charge in [-0.3, -0.25) is 0 Å². The second-order valence-electron chi connectivity index (χ2n) is 3.96. The van der Waals surface area contributed by atoms with Gasteiger partial charge in [-0.15, -0.1) is 0 Å². The average Bonchev–Trinajstić information content (AvgIpc) is 2.36. The molecule has 1 aliphatic rings. The largest absolute Gasteiger partial charge is 0.479 e. The summed E-state index contributed by atoms with van der Waals surface area (Å²) in [7, 11) is 1.27. The van der Waals surface area contributed by atoms with Crippen LogP contribution in [0, 0.1) is 0 Å². The van der Waals surface area contributed by atoms with Crippen molar-refractivity contribution in [3.8, 4) is 0 Å². The second kappa shape index (κ2) is 6.64. The third-order valence-corrected chi connectivity index (χ3v) is 2.56. The van der Waals surface area contributed by atoms with Gasteiger partial charge in [-0.2, -0.15) is 0 Å². The fourth-order valence-corrected chi connectivity index (χ4v) is 1.67. The highest BCUT2D eigenvalue weighted by Gasteiger charge is 2.22. The Bertz CT molecular complexity index is 421. The molecule has 1 rings (SSSR count). The number of carbonyl (C=O) groups is 2. The molecule has 0 saturated heterocycles. The third kappa shape index (κ3) is 4.08. The Labute approximate surface area is 106 Å². The van der Waals surface area contributed by atoms with E-state index in [4.69, 9.17) is 0 Å². The van der Waals surface area contributed by atoms with Crippen LogP contribution in [0.4, 0.5) is 0 Å². The first-order valence-electron chi connectivity index (χ1n) is 5.64. The van der Waals surface area contributed by atoms with E-state index in [-0.39, 0.29) is 0 Å². The third-order valence-electron chi connectivity index (χ3n) is 2.56. The normalized spacial score (nSPS) is 16.8. The van der Waals surface area contributed by atoms with Crippen LogP contribution in [0.1, 0.15) is 19.8 Å². The number of carbonyl (C=O) groups excluding carboxylic acids is 1. The maximum atomic E-state index is 11.2. The zero-order chi connectivity index (χ0) is 13.5. The van der Waals surface area contributed by atoms with Crippen molar-refractivity contribution in [3.63, 3.8) is 0 Å². The van der Waals surface area contributed by atoms with Gasteiger partial charge < -0.3 is 15.2 Å². The predicted octanol–water partition coefficient (Wildman–Crippen LogP) is 1.38. The number of esters is 1. The molecule has 5 heteroatoms. The molecule has 0 fully saturated rings. The van der Waals surface area contributed by atoms with E-state index in [1.54, 1.807) is 6.92 Å². The minimum atomic E-state index is -0.964. The Morgan fingerprint density at radius 2 is 2.22 bits per heavy atom. The summed E-state index contributed by atoms with van der Waals surface area (Å²) in [5.41, 5.74) is 1.26. The molecule has 0 aromatic rings. The SMILES string of the molecule is COC(=O)/C=C(\C)N[C@@H](C(=O)O)C1=CCC=CC1. The molecule has 0 aromatic carbocycles. The Kier molecular flexibility index (Phi) is 5.17. The van der Waals surface area contributed by atoms with Gasteiger partial charge in [-0.05, 0) is 25.3 Å². The average molecular weight is 251 g/mol. The van der Waals surface area contributed by atoms with Crippen LogP contribution in [0.3, 0.4) is 0 Å². The lowest BCUT2D eigenvalue weighted by Crippen LogP contribution is -2.37. The molecule has 0 heterocycles. The number of nitrogens with one attached hydrogen (secondary N) is 1. The molecule has 18 heavy (non-hydrogen) atoms. The number of allylic oxidation sites excluding steroid dienone is 4. The van der Waals surface area contributed by atoms with Gasteiger partial charge >= 0.3 is 11.9 Å². The summed E-state index contributed by atoms with van der Waals surface area (Å²) in [5, 5.41) is 12.0. The van der Waals surface area contributed by atoms with Gasteiger partial charge in [0.15, 0.2) is 0 Å².